The van der Waals surface area contributed by atoms with Gasteiger partial charge in [-0.05, 0) is 80.9 Å². The van der Waals surface area contributed by atoms with Crippen LogP contribution in [0.4, 0.5) is 17.1 Å². The van der Waals surface area contributed by atoms with Crippen LogP contribution >= 0.6 is 0 Å². The fourth-order valence-electron chi connectivity index (χ4n) is 8.10. The van der Waals surface area contributed by atoms with E-state index in [9.17, 15) is 0 Å². The summed E-state index contributed by atoms with van der Waals surface area (Å²) >= 11 is 0. The molecule has 8 aromatic carbocycles. The van der Waals surface area contributed by atoms with E-state index in [-0.39, 0.29) is 0 Å². The van der Waals surface area contributed by atoms with Crippen LogP contribution in [0.25, 0.3) is 32.7 Å². The summed E-state index contributed by atoms with van der Waals surface area (Å²) in [5, 5.41) is 4.75. The molecule has 1 atom stereocenters. The Hall–Kier alpha value is -6.12. The van der Waals surface area contributed by atoms with E-state index in [2.05, 4.69) is 181 Å². The molecule has 0 N–H and O–H groups in total. The molecule has 0 saturated heterocycles. The van der Waals surface area contributed by atoms with Gasteiger partial charge in [-0.25, -0.2) is 0 Å². The predicted octanol–water partition coefficient (Wildman–Crippen LogP) is 11.9. The normalized spacial score (nSPS) is 15.5. The fourth-order valence-corrected chi connectivity index (χ4v) is 8.10. The Bertz CT molecular complexity index is 2520. The fraction of sp³-hybridized carbons (Fsp3) is 0.0222. The molecule has 1 spiro atoms. The summed E-state index contributed by atoms with van der Waals surface area (Å²) in [6, 6.07) is 63.7. The van der Waals surface area contributed by atoms with Gasteiger partial charge in [0.1, 0.15) is 11.5 Å². The first-order valence-corrected chi connectivity index (χ1v) is 16.2. The average molecular weight is 600 g/mol. The van der Waals surface area contributed by atoms with E-state index in [0.29, 0.717) is 0 Å². The Labute approximate surface area is 273 Å². The number of benzene rings is 8. The molecule has 2 aliphatic rings. The summed E-state index contributed by atoms with van der Waals surface area (Å²) in [4.78, 5) is 2.38. The van der Waals surface area contributed by atoms with E-state index in [1.54, 1.807) is 0 Å². The van der Waals surface area contributed by atoms with E-state index in [4.69, 9.17) is 4.74 Å². The Balaban J connectivity index is 1.29. The highest BCUT2D eigenvalue weighted by molar-refractivity contribution is 5.97. The predicted molar refractivity (Wildman–Crippen MR) is 194 cm³/mol. The highest BCUT2D eigenvalue weighted by Gasteiger charge is 2.51. The van der Waals surface area contributed by atoms with Crippen molar-refractivity contribution in [2.45, 2.75) is 5.41 Å². The molecule has 47 heavy (non-hydrogen) atoms. The zero-order valence-corrected chi connectivity index (χ0v) is 25.6. The molecule has 1 aliphatic heterocycles. The molecule has 8 aromatic rings. The Kier molecular flexibility index (Phi) is 5.53. The van der Waals surface area contributed by atoms with E-state index in [0.717, 1.165) is 33.9 Å². The van der Waals surface area contributed by atoms with Crippen LogP contribution in [-0.2, 0) is 5.41 Å². The maximum absolute atomic E-state index is 6.85. The number of ether oxygens (including phenoxy) is 1. The molecule has 0 aromatic heterocycles. The van der Waals surface area contributed by atoms with Crippen LogP contribution < -0.4 is 9.64 Å². The van der Waals surface area contributed by atoms with Gasteiger partial charge in [0.05, 0.1) is 5.41 Å². The van der Waals surface area contributed by atoms with Gasteiger partial charge in [0.25, 0.3) is 0 Å². The molecule has 1 heterocycles. The third-order valence-corrected chi connectivity index (χ3v) is 10.1. The first-order valence-electron chi connectivity index (χ1n) is 16.2. The van der Waals surface area contributed by atoms with Gasteiger partial charge in [-0.2, -0.15) is 0 Å². The molecule has 10 rings (SSSR count). The minimum atomic E-state index is -0.554. The lowest BCUT2D eigenvalue weighted by Crippen LogP contribution is -2.32. The van der Waals surface area contributed by atoms with Crippen molar-refractivity contribution in [3.8, 4) is 22.6 Å². The first-order chi connectivity index (χ1) is 23.3. The van der Waals surface area contributed by atoms with Crippen molar-refractivity contribution < 1.29 is 4.74 Å². The second-order valence-electron chi connectivity index (χ2n) is 12.5. The molecular formula is C45H29NO. The van der Waals surface area contributed by atoms with Crippen molar-refractivity contribution in [3.05, 3.63) is 198 Å². The van der Waals surface area contributed by atoms with Crippen molar-refractivity contribution in [3.63, 3.8) is 0 Å². The molecule has 0 amide bonds. The lowest BCUT2D eigenvalue weighted by molar-refractivity contribution is 0.441. The van der Waals surface area contributed by atoms with Gasteiger partial charge >= 0.3 is 0 Å². The third-order valence-electron chi connectivity index (χ3n) is 10.1. The Morgan fingerprint density at radius 1 is 0.383 bits per heavy atom. The van der Waals surface area contributed by atoms with Gasteiger partial charge in [0, 0.05) is 33.6 Å². The maximum Gasteiger partial charge on any atom is 0.140 e. The number of anilines is 3. The Morgan fingerprint density at radius 3 is 1.91 bits per heavy atom. The first kappa shape index (κ1) is 26.1. The minimum absolute atomic E-state index is 0.554. The Morgan fingerprint density at radius 2 is 1.02 bits per heavy atom. The average Bonchev–Trinajstić information content (AvgIpc) is 3.42. The molecule has 0 saturated carbocycles. The second kappa shape index (κ2) is 9.94. The number of fused-ring (bicyclic) bond motifs is 12. The van der Waals surface area contributed by atoms with E-state index >= 15 is 0 Å². The molecule has 0 fully saturated rings. The number of para-hydroxylation sites is 2. The molecule has 1 aliphatic carbocycles. The van der Waals surface area contributed by atoms with Gasteiger partial charge in [-0.1, -0.05) is 133 Å². The zero-order chi connectivity index (χ0) is 31.0. The largest absolute Gasteiger partial charge is 0.456 e. The molecule has 2 nitrogen and oxygen atoms in total. The molecule has 0 bridgehead atoms. The standard InChI is InChI=1S/C45H29NO/c1-2-15-33(16-3-1)46(34-24-22-30-12-4-5-14-32(30)28-34)35-25-26-38-37-18-8-9-19-39(37)45(42(38)29-35)40-20-10-11-21-43(40)47-44-36-17-7-6-13-31(36)23-27-41(44)45/h1-29H. The van der Waals surface area contributed by atoms with Crippen LogP contribution in [0.3, 0.4) is 0 Å². The number of hydrogen-bond donors (Lipinski definition) is 0. The summed E-state index contributed by atoms with van der Waals surface area (Å²) in [7, 11) is 0. The molecular weight excluding hydrogens is 571 g/mol. The van der Waals surface area contributed by atoms with Crippen molar-refractivity contribution in [2.75, 3.05) is 4.90 Å². The SMILES string of the molecule is c1ccc(N(c2ccc3c(c2)C2(c4ccccc4Oc4c2ccc2ccccc42)c2ccccc2-3)c2ccc3ccccc3c2)cc1. The van der Waals surface area contributed by atoms with Crippen LogP contribution in [-0.4, -0.2) is 0 Å². The van der Waals surface area contributed by atoms with Crippen LogP contribution in [0.2, 0.25) is 0 Å². The lowest BCUT2D eigenvalue weighted by Gasteiger charge is -2.40. The number of nitrogens with zero attached hydrogens (tertiary/aromatic N) is 1. The smallest absolute Gasteiger partial charge is 0.140 e. The minimum Gasteiger partial charge on any atom is -0.456 e. The molecule has 0 radical (unpaired) electrons. The van der Waals surface area contributed by atoms with E-state index in [1.165, 1.54) is 49.5 Å². The maximum atomic E-state index is 6.85. The molecule has 220 valence electrons. The van der Waals surface area contributed by atoms with Gasteiger partial charge in [-0.3, -0.25) is 0 Å². The van der Waals surface area contributed by atoms with Gasteiger partial charge in [0.15, 0.2) is 0 Å². The highest BCUT2D eigenvalue weighted by atomic mass is 16.5. The van der Waals surface area contributed by atoms with Gasteiger partial charge < -0.3 is 9.64 Å². The van der Waals surface area contributed by atoms with Crippen LogP contribution in [0, 0.1) is 0 Å². The van der Waals surface area contributed by atoms with Crippen LogP contribution in [0.15, 0.2) is 176 Å². The quantitative estimate of drug-likeness (QED) is 0.200. The summed E-state index contributed by atoms with van der Waals surface area (Å²) in [5.74, 6) is 1.84. The van der Waals surface area contributed by atoms with Gasteiger partial charge in [-0.15, -0.1) is 0 Å². The second-order valence-corrected chi connectivity index (χ2v) is 12.5. The van der Waals surface area contributed by atoms with Crippen LogP contribution in [0.1, 0.15) is 22.3 Å². The highest BCUT2D eigenvalue weighted by Crippen LogP contribution is 2.63. The topological polar surface area (TPSA) is 12.5 Å². The lowest BCUT2D eigenvalue weighted by atomic mass is 9.65. The summed E-state index contributed by atoms with van der Waals surface area (Å²) in [5.41, 5.74) is 10.2. The zero-order valence-electron chi connectivity index (χ0n) is 25.6. The van der Waals surface area contributed by atoms with Crippen molar-refractivity contribution in [1.29, 1.82) is 0 Å². The third kappa shape index (κ3) is 3.67. The van der Waals surface area contributed by atoms with Crippen molar-refractivity contribution in [2.24, 2.45) is 0 Å². The summed E-state index contributed by atoms with van der Waals surface area (Å²) in [6.45, 7) is 0. The molecule has 2 heteroatoms. The van der Waals surface area contributed by atoms with Crippen molar-refractivity contribution >= 4 is 38.6 Å². The van der Waals surface area contributed by atoms with Crippen molar-refractivity contribution in [1.82, 2.24) is 0 Å². The van der Waals surface area contributed by atoms with Crippen LogP contribution in [0.5, 0.6) is 11.5 Å². The van der Waals surface area contributed by atoms with Gasteiger partial charge in [0.2, 0.25) is 0 Å². The molecule has 1 unspecified atom stereocenters. The van der Waals surface area contributed by atoms with E-state index in [1.807, 2.05) is 0 Å². The summed E-state index contributed by atoms with van der Waals surface area (Å²) in [6.07, 6.45) is 0. The number of rotatable bonds is 3. The van der Waals surface area contributed by atoms with E-state index < -0.39 is 5.41 Å². The number of hydrogen-bond acceptors (Lipinski definition) is 2. The summed E-state index contributed by atoms with van der Waals surface area (Å²) < 4.78 is 6.85. The monoisotopic (exact) mass is 599 g/mol.